The summed E-state index contributed by atoms with van der Waals surface area (Å²) in [5.41, 5.74) is 2.24. The van der Waals surface area contributed by atoms with Gasteiger partial charge in [0.05, 0.1) is 11.4 Å². The van der Waals surface area contributed by atoms with E-state index in [9.17, 15) is 9.59 Å². The summed E-state index contributed by atoms with van der Waals surface area (Å²) in [4.78, 5) is 26.4. The summed E-state index contributed by atoms with van der Waals surface area (Å²) in [7, 11) is 0. The molecule has 2 N–H and O–H groups in total. The van der Waals surface area contributed by atoms with Crippen LogP contribution in [-0.2, 0) is 11.3 Å². The number of rotatable bonds is 8. The van der Waals surface area contributed by atoms with E-state index < -0.39 is 0 Å². The summed E-state index contributed by atoms with van der Waals surface area (Å²) in [6, 6.07) is 20.3. The summed E-state index contributed by atoms with van der Waals surface area (Å²) in [5, 5.41) is 20.0. The van der Waals surface area contributed by atoms with Gasteiger partial charge in [0.15, 0.2) is 0 Å². The van der Waals surface area contributed by atoms with Gasteiger partial charge in [-0.1, -0.05) is 36.4 Å². The van der Waals surface area contributed by atoms with Crippen molar-refractivity contribution >= 4 is 34.5 Å². The minimum absolute atomic E-state index is 0.0984. The number of tetrazole rings is 1. The van der Waals surface area contributed by atoms with E-state index in [2.05, 4.69) is 26.0 Å². The average molecular weight is 433 g/mol. The molecule has 0 bridgehead atoms. The molecule has 0 fully saturated rings. The van der Waals surface area contributed by atoms with Gasteiger partial charge in [0.25, 0.3) is 5.91 Å². The molecule has 0 aliphatic rings. The smallest absolute Gasteiger partial charge is 0.265 e. The van der Waals surface area contributed by atoms with Gasteiger partial charge in [0.2, 0.25) is 11.7 Å². The van der Waals surface area contributed by atoms with Crippen LogP contribution in [0.2, 0.25) is 0 Å². The number of carbonyl (C=O) groups excluding carboxylic acids is 2. The lowest BCUT2D eigenvalue weighted by Gasteiger charge is -2.07. The van der Waals surface area contributed by atoms with Crippen LogP contribution >= 0.6 is 11.3 Å². The number of nitrogens with one attached hydrogen (secondary N) is 2. The van der Waals surface area contributed by atoms with Crippen LogP contribution in [-0.4, -0.2) is 32.0 Å². The summed E-state index contributed by atoms with van der Waals surface area (Å²) in [5.74, 6) is 0.319. The van der Waals surface area contributed by atoms with Crippen molar-refractivity contribution in [3.8, 4) is 11.4 Å². The van der Waals surface area contributed by atoms with E-state index in [0.29, 0.717) is 41.5 Å². The van der Waals surface area contributed by atoms with E-state index in [1.54, 1.807) is 30.3 Å². The molecule has 4 aromatic rings. The molecule has 2 aromatic carbocycles. The second kappa shape index (κ2) is 9.77. The molecular weight excluding hydrogens is 412 g/mol. The zero-order valence-electron chi connectivity index (χ0n) is 16.6. The third-order valence-electron chi connectivity index (χ3n) is 4.42. The molecular formula is C22H20N6O2S. The quantitative estimate of drug-likeness (QED) is 0.437. The van der Waals surface area contributed by atoms with E-state index in [0.717, 1.165) is 5.56 Å². The summed E-state index contributed by atoms with van der Waals surface area (Å²) >= 11 is 1.38. The van der Waals surface area contributed by atoms with Crippen molar-refractivity contribution < 1.29 is 9.59 Å². The molecule has 2 aromatic heterocycles. The first-order valence-corrected chi connectivity index (χ1v) is 10.6. The fourth-order valence-electron chi connectivity index (χ4n) is 2.88. The lowest BCUT2D eigenvalue weighted by molar-refractivity contribution is -0.116. The Morgan fingerprint density at radius 3 is 2.35 bits per heavy atom. The lowest BCUT2D eigenvalue weighted by atomic mass is 10.2. The first-order valence-electron chi connectivity index (χ1n) is 9.75. The van der Waals surface area contributed by atoms with Crippen molar-refractivity contribution in [1.82, 2.24) is 20.2 Å². The van der Waals surface area contributed by atoms with Gasteiger partial charge in [-0.05, 0) is 47.3 Å². The van der Waals surface area contributed by atoms with Crippen LogP contribution in [0, 0.1) is 0 Å². The standard InChI is InChI=1S/C22H20N6O2S/c29-20(9-4-14-28-26-21(25-27-28)16-6-2-1-3-7-16)23-17-10-12-18(13-11-17)24-22(30)19-8-5-15-31-19/h1-3,5-8,10-13,15H,4,9,14H2,(H,23,29)(H,24,30). The molecule has 0 atom stereocenters. The van der Waals surface area contributed by atoms with Gasteiger partial charge in [-0.15, -0.1) is 21.5 Å². The number of carbonyl (C=O) groups is 2. The highest BCUT2D eigenvalue weighted by Gasteiger charge is 2.09. The zero-order valence-corrected chi connectivity index (χ0v) is 17.4. The highest BCUT2D eigenvalue weighted by Crippen LogP contribution is 2.17. The van der Waals surface area contributed by atoms with Crippen LogP contribution in [0.4, 0.5) is 11.4 Å². The lowest BCUT2D eigenvalue weighted by Crippen LogP contribution is -2.13. The number of amides is 2. The van der Waals surface area contributed by atoms with Gasteiger partial charge in [0.1, 0.15) is 0 Å². The molecule has 31 heavy (non-hydrogen) atoms. The Kier molecular flexibility index (Phi) is 6.44. The van der Waals surface area contributed by atoms with Gasteiger partial charge in [-0.25, -0.2) is 0 Å². The number of nitrogens with zero attached hydrogens (tertiary/aromatic N) is 4. The van der Waals surface area contributed by atoms with E-state index in [-0.39, 0.29) is 11.8 Å². The summed E-state index contributed by atoms with van der Waals surface area (Å²) in [6.07, 6.45) is 0.921. The van der Waals surface area contributed by atoms with Crippen molar-refractivity contribution in [2.75, 3.05) is 10.6 Å². The van der Waals surface area contributed by atoms with Crippen LogP contribution in [0.5, 0.6) is 0 Å². The first-order chi connectivity index (χ1) is 15.2. The molecule has 156 valence electrons. The molecule has 0 saturated carbocycles. The number of anilines is 2. The number of aryl methyl sites for hydroxylation is 1. The van der Waals surface area contributed by atoms with Crippen LogP contribution in [0.1, 0.15) is 22.5 Å². The van der Waals surface area contributed by atoms with Crippen molar-refractivity contribution in [1.29, 1.82) is 0 Å². The third-order valence-corrected chi connectivity index (χ3v) is 5.29. The van der Waals surface area contributed by atoms with Gasteiger partial charge >= 0.3 is 0 Å². The molecule has 2 heterocycles. The number of hydrogen-bond donors (Lipinski definition) is 2. The highest BCUT2D eigenvalue weighted by atomic mass is 32.1. The topological polar surface area (TPSA) is 102 Å². The number of thiophene rings is 1. The predicted octanol–water partition coefficient (Wildman–Crippen LogP) is 4.07. The molecule has 0 radical (unpaired) electrons. The number of aromatic nitrogens is 4. The SMILES string of the molecule is O=C(CCCn1nnc(-c2ccccc2)n1)Nc1ccc(NC(=O)c2cccs2)cc1. The Bertz CT molecular complexity index is 1140. The summed E-state index contributed by atoms with van der Waals surface area (Å²) < 4.78 is 0. The van der Waals surface area contributed by atoms with Crippen LogP contribution in [0.25, 0.3) is 11.4 Å². The minimum atomic E-state index is -0.149. The average Bonchev–Trinajstić information content (AvgIpc) is 3.48. The third kappa shape index (κ3) is 5.61. The predicted molar refractivity (Wildman–Crippen MR) is 120 cm³/mol. The number of benzene rings is 2. The Balaban J connectivity index is 1.22. The molecule has 0 spiro atoms. The maximum atomic E-state index is 12.2. The Morgan fingerprint density at radius 2 is 1.65 bits per heavy atom. The maximum Gasteiger partial charge on any atom is 0.265 e. The largest absolute Gasteiger partial charge is 0.326 e. The van der Waals surface area contributed by atoms with Gasteiger partial charge in [0, 0.05) is 23.4 Å². The molecule has 0 unspecified atom stereocenters. The van der Waals surface area contributed by atoms with E-state index in [4.69, 9.17) is 0 Å². The number of hydrogen-bond acceptors (Lipinski definition) is 6. The zero-order chi connectivity index (χ0) is 21.5. The molecule has 4 rings (SSSR count). The molecule has 0 aliphatic carbocycles. The van der Waals surface area contributed by atoms with Crippen molar-refractivity contribution in [3.63, 3.8) is 0 Å². The Labute approximate surface area is 182 Å². The molecule has 2 amide bonds. The van der Waals surface area contributed by atoms with Gasteiger partial charge < -0.3 is 10.6 Å². The Hall–Kier alpha value is -3.85. The fraction of sp³-hybridized carbons (Fsp3) is 0.136. The molecule has 0 saturated heterocycles. The highest BCUT2D eigenvalue weighted by molar-refractivity contribution is 7.12. The van der Waals surface area contributed by atoms with Gasteiger partial charge in [-0.3, -0.25) is 9.59 Å². The van der Waals surface area contributed by atoms with E-state index in [1.165, 1.54) is 16.1 Å². The van der Waals surface area contributed by atoms with E-state index in [1.807, 2.05) is 41.8 Å². The molecule has 9 heteroatoms. The second-order valence-corrected chi connectivity index (χ2v) is 7.68. The van der Waals surface area contributed by atoms with Crippen molar-refractivity contribution in [2.24, 2.45) is 0 Å². The monoisotopic (exact) mass is 432 g/mol. The van der Waals surface area contributed by atoms with E-state index >= 15 is 0 Å². The molecule has 0 aliphatic heterocycles. The summed E-state index contributed by atoms with van der Waals surface area (Å²) in [6.45, 7) is 0.501. The Morgan fingerprint density at radius 1 is 0.903 bits per heavy atom. The van der Waals surface area contributed by atoms with Crippen molar-refractivity contribution in [2.45, 2.75) is 19.4 Å². The first kappa shape index (κ1) is 20.4. The van der Waals surface area contributed by atoms with Crippen LogP contribution in [0.3, 0.4) is 0 Å². The maximum absolute atomic E-state index is 12.2. The molecule has 8 nitrogen and oxygen atoms in total. The van der Waals surface area contributed by atoms with Crippen molar-refractivity contribution in [3.05, 3.63) is 77.0 Å². The normalized spacial score (nSPS) is 10.6. The van der Waals surface area contributed by atoms with Crippen LogP contribution < -0.4 is 10.6 Å². The van der Waals surface area contributed by atoms with Crippen LogP contribution in [0.15, 0.2) is 72.1 Å². The second-order valence-electron chi connectivity index (χ2n) is 6.74. The minimum Gasteiger partial charge on any atom is -0.326 e. The fourth-order valence-corrected chi connectivity index (χ4v) is 3.50. The van der Waals surface area contributed by atoms with Gasteiger partial charge in [-0.2, -0.15) is 4.80 Å².